The third-order valence-electron chi connectivity index (χ3n) is 5.60. The molecule has 2 aromatic carbocycles. The number of nitro groups is 1. The van der Waals surface area contributed by atoms with Gasteiger partial charge < -0.3 is 4.90 Å². The molecule has 12 heteroatoms. The number of benzene rings is 2. The predicted molar refractivity (Wildman–Crippen MR) is 127 cm³/mol. The number of nitrogens with zero attached hydrogens (tertiary/aromatic N) is 6. The second-order valence-corrected chi connectivity index (χ2v) is 10.5. The maximum Gasteiger partial charge on any atom is 0.273 e. The molecule has 1 aromatic heterocycles. The van der Waals surface area contributed by atoms with Crippen molar-refractivity contribution < 1.29 is 13.3 Å². The van der Waals surface area contributed by atoms with Crippen LogP contribution in [0.25, 0.3) is 0 Å². The molecule has 10 nitrogen and oxygen atoms in total. The second-order valence-electron chi connectivity index (χ2n) is 7.91. The molecular formula is C22H22N6O4S2. The van der Waals surface area contributed by atoms with E-state index in [0.717, 1.165) is 5.56 Å². The summed E-state index contributed by atoms with van der Waals surface area (Å²) in [5, 5.41) is 21.3. The number of para-hydroxylation sites is 1. The first-order valence-electron chi connectivity index (χ1n) is 10.6. The highest BCUT2D eigenvalue weighted by Gasteiger charge is 2.30. The summed E-state index contributed by atoms with van der Waals surface area (Å²) in [6, 6.07) is 13.3. The average molecular weight is 499 g/mol. The summed E-state index contributed by atoms with van der Waals surface area (Å²) in [5.74, 6) is 0.487. The van der Waals surface area contributed by atoms with Crippen molar-refractivity contribution in [3.05, 3.63) is 75.1 Å². The maximum absolute atomic E-state index is 13.3. The van der Waals surface area contributed by atoms with Crippen LogP contribution in [-0.4, -0.2) is 53.2 Å². The monoisotopic (exact) mass is 498 g/mol. The highest BCUT2D eigenvalue weighted by molar-refractivity contribution is 7.89. The third kappa shape index (κ3) is 4.91. The molecule has 1 fully saturated rings. The minimum atomic E-state index is -3.82. The molecule has 0 radical (unpaired) electrons. The quantitative estimate of drug-likeness (QED) is 0.374. The van der Waals surface area contributed by atoms with Gasteiger partial charge in [-0.15, -0.1) is 0 Å². The van der Waals surface area contributed by atoms with Gasteiger partial charge in [0.25, 0.3) is 5.69 Å². The average Bonchev–Trinajstić information content (AvgIpc) is 3.13. The zero-order chi connectivity index (χ0) is 24.3. The van der Waals surface area contributed by atoms with Crippen LogP contribution in [0.15, 0.2) is 47.4 Å². The zero-order valence-corrected chi connectivity index (χ0v) is 20.0. The number of rotatable bonds is 6. The van der Waals surface area contributed by atoms with E-state index in [2.05, 4.69) is 9.36 Å². The maximum atomic E-state index is 13.3. The van der Waals surface area contributed by atoms with Crippen molar-refractivity contribution >= 4 is 32.4 Å². The molecule has 1 aliphatic rings. The lowest BCUT2D eigenvalue weighted by molar-refractivity contribution is -0.385. The first-order valence-corrected chi connectivity index (χ1v) is 12.8. The number of aryl methyl sites for hydroxylation is 1. The predicted octanol–water partition coefficient (Wildman–Crippen LogP) is 3.12. The Bertz CT molecular complexity index is 1370. The van der Waals surface area contributed by atoms with E-state index in [1.807, 2.05) is 11.0 Å². The first-order chi connectivity index (χ1) is 16.3. The topological polar surface area (TPSA) is 133 Å². The summed E-state index contributed by atoms with van der Waals surface area (Å²) in [4.78, 5) is 17.4. The Balaban J connectivity index is 1.49. The number of aromatic nitrogens is 2. The Morgan fingerprint density at radius 2 is 1.97 bits per heavy atom. The van der Waals surface area contributed by atoms with Crippen LogP contribution in [0, 0.1) is 28.4 Å². The van der Waals surface area contributed by atoms with E-state index >= 15 is 0 Å². The Morgan fingerprint density at radius 1 is 1.18 bits per heavy atom. The molecule has 34 heavy (non-hydrogen) atoms. The van der Waals surface area contributed by atoms with Crippen LogP contribution in [0.5, 0.6) is 0 Å². The lowest BCUT2D eigenvalue weighted by Gasteiger charge is -2.21. The number of nitro benzene ring substituents is 1. The first kappa shape index (κ1) is 23.7. The van der Waals surface area contributed by atoms with Crippen LogP contribution in [0.4, 0.5) is 10.8 Å². The number of anilines is 1. The van der Waals surface area contributed by atoms with E-state index in [-0.39, 0.29) is 29.1 Å². The van der Waals surface area contributed by atoms with E-state index in [4.69, 9.17) is 0 Å². The summed E-state index contributed by atoms with van der Waals surface area (Å²) in [6.07, 6.45) is 0.832. The van der Waals surface area contributed by atoms with Crippen molar-refractivity contribution in [1.29, 1.82) is 5.26 Å². The van der Waals surface area contributed by atoms with Crippen molar-refractivity contribution in [3.8, 4) is 6.07 Å². The summed E-state index contributed by atoms with van der Waals surface area (Å²) < 4.78 is 32.3. The normalized spacial score (nSPS) is 15.0. The zero-order valence-electron chi connectivity index (χ0n) is 18.4. The summed E-state index contributed by atoms with van der Waals surface area (Å²) in [5.41, 5.74) is 1.48. The smallest absolute Gasteiger partial charge is 0.273 e. The van der Waals surface area contributed by atoms with Crippen molar-refractivity contribution in [1.82, 2.24) is 13.7 Å². The molecule has 0 amide bonds. The van der Waals surface area contributed by atoms with E-state index in [0.29, 0.717) is 42.6 Å². The molecule has 0 atom stereocenters. The van der Waals surface area contributed by atoms with Crippen LogP contribution < -0.4 is 4.90 Å². The van der Waals surface area contributed by atoms with E-state index < -0.39 is 14.9 Å². The Hall–Kier alpha value is -3.40. The van der Waals surface area contributed by atoms with Gasteiger partial charge in [-0.25, -0.2) is 13.4 Å². The Kier molecular flexibility index (Phi) is 6.87. The lowest BCUT2D eigenvalue weighted by atomic mass is 10.1. The fourth-order valence-corrected chi connectivity index (χ4v) is 6.29. The molecule has 2 heterocycles. The van der Waals surface area contributed by atoms with Gasteiger partial charge in [-0.05, 0) is 31.0 Å². The SMILES string of the molecule is Cc1ccc(C#N)c(S(=O)(=O)N2CCCN(c3nc(Cc4ccccc4[N+](=O)[O-])ns3)CC2)c1. The van der Waals surface area contributed by atoms with Gasteiger partial charge in [0.2, 0.25) is 15.2 Å². The molecule has 1 saturated heterocycles. The van der Waals surface area contributed by atoms with Crippen LogP contribution in [0.3, 0.4) is 0 Å². The van der Waals surface area contributed by atoms with Gasteiger partial charge in [0.1, 0.15) is 16.8 Å². The van der Waals surface area contributed by atoms with Crippen molar-refractivity contribution in [2.24, 2.45) is 0 Å². The number of sulfonamides is 1. The number of nitriles is 1. The van der Waals surface area contributed by atoms with Gasteiger partial charge in [-0.1, -0.05) is 24.3 Å². The highest BCUT2D eigenvalue weighted by Crippen LogP contribution is 2.26. The van der Waals surface area contributed by atoms with Crippen LogP contribution in [-0.2, 0) is 16.4 Å². The molecule has 0 N–H and O–H groups in total. The minimum Gasteiger partial charge on any atom is -0.345 e. The molecule has 4 rings (SSSR count). The number of hydrogen-bond donors (Lipinski definition) is 0. The molecule has 1 aliphatic heterocycles. The lowest BCUT2D eigenvalue weighted by Crippen LogP contribution is -2.35. The Morgan fingerprint density at radius 3 is 2.74 bits per heavy atom. The van der Waals surface area contributed by atoms with E-state index in [9.17, 15) is 23.8 Å². The molecule has 176 valence electrons. The number of hydrogen-bond acceptors (Lipinski definition) is 9. The molecule has 3 aromatic rings. The summed E-state index contributed by atoms with van der Waals surface area (Å²) in [6.45, 7) is 3.40. The standard InChI is InChI=1S/C22H22N6O4S2/c1-16-7-8-18(15-23)20(13-16)34(31,32)27-10-4-9-26(11-12-27)22-24-21(25-33-22)14-17-5-2-3-6-19(17)28(29)30/h2-3,5-8,13H,4,9-12,14H2,1H3. The van der Waals surface area contributed by atoms with Crippen molar-refractivity contribution in [2.45, 2.75) is 24.7 Å². The van der Waals surface area contributed by atoms with Gasteiger partial charge in [0.15, 0.2) is 0 Å². The Labute approximate surface area is 201 Å². The van der Waals surface area contributed by atoms with Gasteiger partial charge in [-0.3, -0.25) is 10.1 Å². The fourth-order valence-electron chi connectivity index (χ4n) is 3.85. The van der Waals surface area contributed by atoms with Gasteiger partial charge in [-0.2, -0.15) is 13.9 Å². The minimum absolute atomic E-state index is 0.0300. The highest BCUT2D eigenvalue weighted by atomic mass is 32.2. The van der Waals surface area contributed by atoms with Crippen LogP contribution in [0.2, 0.25) is 0 Å². The molecule has 0 saturated carbocycles. The van der Waals surface area contributed by atoms with Crippen LogP contribution in [0.1, 0.15) is 28.9 Å². The summed E-state index contributed by atoms with van der Waals surface area (Å²) in [7, 11) is -3.82. The largest absolute Gasteiger partial charge is 0.345 e. The van der Waals surface area contributed by atoms with Crippen LogP contribution >= 0.6 is 11.5 Å². The molecule has 0 aliphatic carbocycles. The molecule has 0 spiro atoms. The second kappa shape index (κ2) is 9.84. The van der Waals surface area contributed by atoms with Gasteiger partial charge in [0.05, 0.1) is 10.5 Å². The van der Waals surface area contributed by atoms with E-state index in [1.165, 1.54) is 34.0 Å². The molecule has 0 bridgehead atoms. The third-order valence-corrected chi connectivity index (χ3v) is 8.35. The molecule has 0 unspecified atom stereocenters. The fraction of sp³-hybridized carbons (Fsp3) is 0.318. The van der Waals surface area contributed by atoms with Crippen molar-refractivity contribution in [3.63, 3.8) is 0 Å². The summed E-state index contributed by atoms with van der Waals surface area (Å²) >= 11 is 1.20. The van der Waals surface area contributed by atoms with Gasteiger partial charge in [0, 0.05) is 55.8 Å². The molecular weight excluding hydrogens is 476 g/mol. The van der Waals surface area contributed by atoms with Gasteiger partial charge >= 0.3 is 0 Å². The van der Waals surface area contributed by atoms with Crippen molar-refractivity contribution in [2.75, 3.05) is 31.1 Å². The van der Waals surface area contributed by atoms with E-state index in [1.54, 1.807) is 31.2 Å².